The fraction of sp³-hybridized carbons (Fsp3) is 0.188. The third-order valence-electron chi connectivity index (χ3n) is 2.87. The number of halogens is 2. The van der Waals surface area contributed by atoms with Gasteiger partial charge in [0, 0.05) is 5.56 Å². The second-order valence-electron chi connectivity index (χ2n) is 4.43. The van der Waals surface area contributed by atoms with Gasteiger partial charge in [-0.25, -0.2) is 4.39 Å². The lowest BCUT2D eigenvalue weighted by molar-refractivity contribution is 0.210. The van der Waals surface area contributed by atoms with Crippen LogP contribution in [0.4, 0.5) is 4.39 Å². The second-order valence-corrected chi connectivity index (χ2v) is 5.28. The maximum absolute atomic E-state index is 12.8. The molecule has 0 radical (unpaired) electrons. The van der Waals surface area contributed by atoms with E-state index < -0.39 is 0 Å². The number of methoxy groups -OCH3 is 1. The first kappa shape index (κ1) is 17.1. The van der Waals surface area contributed by atoms with Crippen molar-refractivity contribution in [2.45, 2.75) is 0 Å². The minimum absolute atomic E-state index is 0.278. The molecule has 122 valence electrons. The van der Waals surface area contributed by atoms with Crippen LogP contribution in [0.5, 0.6) is 17.2 Å². The lowest BCUT2D eigenvalue weighted by atomic mass is 10.2. The van der Waals surface area contributed by atoms with Crippen LogP contribution in [-0.4, -0.2) is 31.7 Å². The molecule has 0 heterocycles. The number of benzene rings is 2. The van der Waals surface area contributed by atoms with Crippen molar-refractivity contribution >= 4 is 22.1 Å². The average Bonchev–Trinajstić information content (AvgIpc) is 2.54. The first-order chi connectivity index (χ1) is 11.1. The van der Waals surface area contributed by atoms with Gasteiger partial charge in [-0.3, -0.25) is 0 Å². The molecule has 2 rings (SSSR count). The summed E-state index contributed by atoms with van der Waals surface area (Å²) < 4.78 is 29.8. The summed E-state index contributed by atoms with van der Waals surface area (Å²) in [4.78, 5) is 0. The number of rotatable bonds is 7. The molecule has 23 heavy (non-hydrogen) atoms. The van der Waals surface area contributed by atoms with Crippen LogP contribution < -0.4 is 14.2 Å². The molecule has 0 saturated carbocycles. The fourth-order valence-electron chi connectivity index (χ4n) is 1.86. The van der Waals surface area contributed by atoms with E-state index in [0.717, 1.165) is 0 Å². The van der Waals surface area contributed by atoms with Crippen molar-refractivity contribution in [2.24, 2.45) is 5.16 Å². The maximum atomic E-state index is 12.8. The highest BCUT2D eigenvalue weighted by Crippen LogP contribution is 2.36. The van der Waals surface area contributed by atoms with E-state index in [2.05, 4.69) is 21.1 Å². The summed E-state index contributed by atoms with van der Waals surface area (Å²) in [5, 5.41) is 11.6. The van der Waals surface area contributed by atoms with Crippen molar-refractivity contribution in [2.75, 3.05) is 20.3 Å². The molecule has 2 aromatic rings. The van der Waals surface area contributed by atoms with Gasteiger partial charge >= 0.3 is 0 Å². The van der Waals surface area contributed by atoms with Gasteiger partial charge in [0.05, 0.1) is 17.8 Å². The highest BCUT2D eigenvalue weighted by Gasteiger charge is 2.11. The van der Waals surface area contributed by atoms with Crippen LogP contribution in [0.2, 0.25) is 0 Å². The molecule has 0 fully saturated rings. The lowest BCUT2D eigenvalue weighted by Gasteiger charge is -2.14. The third-order valence-corrected chi connectivity index (χ3v) is 3.46. The summed E-state index contributed by atoms with van der Waals surface area (Å²) in [6.07, 6.45) is 1.29. The molecule has 0 unspecified atom stereocenters. The standard InChI is InChI=1S/C16H15BrFNO4/c1-21-15-9-11(10-19-20)8-14(17)16(15)23-7-6-22-13-4-2-12(18)3-5-13/h2-5,8-10,20H,6-7H2,1H3. The summed E-state index contributed by atoms with van der Waals surface area (Å²) in [7, 11) is 1.52. The smallest absolute Gasteiger partial charge is 0.175 e. The monoisotopic (exact) mass is 383 g/mol. The van der Waals surface area contributed by atoms with E-state index in [-0.39, 0.29) is 12.4 Å². The average molecular weight is 384 g/mol. The topological polar surface area (TPSA) is 60.3 Å². The number of hydrogen-bond donors (Lipinski definition) is 1. The van der Waals surface area contributed by atoms with Crippen molar-refractivity contribution in [3.63, 3.8) is 0 Å². The van der Waals surface area contributed by atoms with Gasteiger partial charge in [-0.15, -0.1) is 0 Å². The van der Waals surface area contributed by atoms with Gasteiger partial charge in [0.2, 0.25) is 0 Å². The summed E-state index contributed by atoms with van der Waals surface area (Å²) >= 11 is 3.38. The van der Waals surface area contributed by atoms with E-state index in [1.54, 1.807) is 24.3 Å². The number of oxime groups is 1. The Morgan fingerprint density at radius 1 is 1.17 bits per heavy atom. The number of hydrogen-bond acceptors (Lipinski definition) is 5. The van der Waals surface area contributed by atoms with Crippen molar-refractivity contribution < 1.29 is 23.8 Å². The van der Waals surface area contributed by atoms with E-state index in [0.29, 0.717) is 33.9 Å². The molecule has 0 aliphatic heterocycles. The number of nitrogens with zero attached hydrogens (tertiary/aromatic N) is 1. The van der Waals surface area contributed by atoms with E-state index in [1.807, 2.05) is 0 Å². The molecule has 0 atom stereocenters. The summed E-state index contributed by atoms with van der Waals surface area (Å²) in [6.45, 7) is 0.570. The van der Waals surface area contributed by atoms with Gasteiger partial charge < -0.3 is 19.4 Å². The SMILES string of the molecule is COc1cc(C=NO)cc(Br)c1OCCOc1ccc(F)cc1. The fourth-order valence-corrected chi connectivity index (χ4v) is 2.43. The van der Waals surface area contributed by atoms with Crippen molar-refractivity contribution in [1.29, 1.82) is 0 Å². The molecule has 0 aromatic heterocycles. The Kier molecular flexibility index (Phi) is 6.22. The summed E-state index contributed by atoms with van der Waals surface area (Å²) in [5.41, 5.74) is 0.658. The van der Waals surface area contributed by atoms with E-state index in [1.165, 1.54) is 25.5 Å². The lowest BCUT2D eigenvalue weighted by Crippen LogP contribution is -2.10. The largest absolute Gasteiger partial charge is 0.493 e. The quantitative estimate of drug-likeness (QED) is 0.341. The highest BCUT2D eigenvalue weighted by atomic mass is 79.9. The zero-order valence-electron chi connectivity index (χ0n) is 12.3. The molecule has 0 aliphatic rings. The Hall–Kier alpha value is -2.28. The van der Waals surface area contributed by atoms with Crippen molar-refractivity contribution in [3.05, 3.63) is 52.3 Å². The zero-order valence-corrected chi connectivity index (χ0v) is 13.9. The minimum Gasteiger partial charge on any atom is -0.493 e. The molecular weight excluding hydrogens is 369 g/mol. The highest BCUT2D eigenvalue weighted by molar-refractivity contribution is 9.10. The van der Waals surface area contributed by atoms with Crippen LogP contribution in [0.25, 0.3) is 0 Å². The molecule has 0 spiro atoms. The van der Waals surface area contributed by atoms with Crippen LogP contribution >= 0.6 is 15.9 Å². The minimum atomic E-state index is -0.311. The Balaban J connectivity index is 1.95. The number of ether oxygens (including phenoxy) is 3. The second kappa shape index (κ2) is 8.38. The van der Waals surface area contributed by atoms with Crippen LogP contribution in [0.3, 0.4) is 0 Å². The zero-order chi connectivity index (χ0) is 16.7. The summed E-state index contributed by atoms with van der Waals surface area (Å²) in [6, 6.07) is 9.18. The van der Waals surface area contributed by atoms with Gasteiger partial charge in [-0.05, 0) is 52.3 Å². The normalized spacial score (nSPS) is 10.7. The predicted molar refractivity (Wildman–Crippen MR) is 87.5 cm³/mol. The molecule has 0 aliphatic carbocycles. The van der Waals surface area contributed by atoms with Crippen LogP contribution in [-0.2, 0) is 0 Å². The Labute approximate surface area is 141 Å². The third kappa shape index (κ3) is 4.85. The van der Waals surface area contributed by atoms with Gasteiger partial charge in [0.1, 0.15) is 24.8 Å². The summed E-state index contributed by atoms with van der Waals surface area (Å²) in [5.74, 6) is 1.27. The Morgan fingerprint density at radius 3 is 2.52 bits per heavy atom. The molecule has 2 aromatic carbocycles. The van der Waals surface area contributed by atoms with Crippen LogP contribution in [0.1, 0.15) is 5.56 Å². The molecule has 1 N–H and O–H groups in total. The van der Waals surface area contributed by atoms with Crippen LogP contribution in [0, 0.1) is 5.82 Å². The van der Waals surface area contributed by atoms with E-state index in [4.69, 9.17) is 19.4 Å². The molecule has 0 saturated heterocycles. The van der Waals surface area contributed by atoms with Crippen LogP contribution in [0.15, 0.2) is 46.0 Å². The molecule has 7 heteroatoms. The predicted octanol–water partition coefficient (Wildman–Crippen LogP) is 3.86. The molecule has 0 amide bonds. The van der Waals surface area contributed by atoms with Gasteiger partial charge in [-0.2, -0.15) is 0 Å². The van der Waals surface area contributed by atoms with Gasteiger partial charge in [0.25, 0.3) is 0 Å². The first-order valence-electron chi connectivity index (χ1n) is 6.70. The Bertz CT molecular complexity index is 677. The van der Waals surface area contributed by atoms with Gasteiger partial charge in [-0.1, -0.05) is 5.16 Å². The molecule has 5 nitrogen and oxygen atoms in total. The maximum Gasteiger partial charge on any atom is 0.175 e. The van der Waals surface area contributed by atoms with Gasteiger partial charge in [0.15, 0.2) is 11.5 Å². The molecular formula is C16H15BrFNO4. The van der Waals surface area contributed by atoms with E-state index >= 15 is 0 Å². The van der Waals surface area contributed by atoms with E-state index in [9.17, 15) is 4.39 Å². The van der Waals surface area contributed by atoms with Crippen molar-refractivity contribution in [1.82, 2.24) is 0 Å². The molecule has 0 bridgehead atoms. The Morgan fingerprint density at radius 2 is 1.87 bits per heavy atom. The first-order valence-corrected chi connectivity index (χ1v) is 7.49. The van der Waals surface area contributed by atoms with Crippen molar-refractivity contribution in [3.8, 4) is 17.2 Å².